The number of hydrogen-bond acceptors (Lipinski definition) is 1. The zero-order valence-electron chi connectivity index (χ0n) is 6.17. The summed E-state index contributed by atoms with van der Waals surface area (Å²) in [4.78, 5) is 1.38. The minimum atomic E-state index is 0.235. The van der Waals surface area contributed by atoms with Crippen LogP contribution in [-0.4, -0.2) is 5.38 Å². The molecule has 1 rings (SSSR count). The molecular formula is C8H11ClS. The normalized spacial score (nSPS) is 16.7. The monoisotopic (exact) mass is 174 g/mol. The molecule has 2 unspecified atom stereocenters. The maximum atomic E-state index is 5.93. The number of thiophene rings is 1. The summed E-state index contributed by atoms with van der Waals surface area (Å²) < 4.78 is 0. The van der Waals surface area contributed by atoms with Gasteiger partial charge in [0.2, 0.25) is 0 Å². The fourth-order valence-corrected chi connectivity index (χ4v) is 1.88. The average molecular weight is 175 g/mol. The van der Waals surface area contributed by atoms with Gasteiger partial charge in [0, 0.05) is 16.2 Å². The van der Waals surface area contributed by atoms with Gasteiger partial charge in [-0.25, -0.2) is 0 Å². The summed E-state index contributed by atoms with van der Waals surface area (Å²) in [6, 6.07) is 4.20. The molecule has 0 aliphatic heterocycles. The summed E-state index contributed by atoms with van der Waals surface area (Å²) in [5.41, 5.74) is 0. The third-order valence-electron chi connectivity index (χ3n) is 1.68. The molecule has 0 fully saturated rings. The summed E-state index contributed by atoms with van der Waals surface area (Å²) in [5.74, 6) is 0.488. The van der Waals surface area contributed by atoms with Crippen LogP contribution in [0.1, 0.15) is 24.6 Å². The zero-order chi connectivity index (χ0) is 7.56. The van der Waals surface area contributed by atoms with Crippen LogP contribution in [0.3, 0.4) is 0 Å². The van der Waals surface area contributed by atoms with E-state index >= 15 is 0 Å². The Morgan fingerprint density at radius 3 is 2.60 bits per heavy atom. The minimum Gasteiger partial charge on any atom is -0.149 e. The largest absolute Gasteiger partial charge is 0.149 e. The third-order valence-corrected chi connectivity index (χ3v) is 3.13. The van der Waals surface area contributed by atoms with E-state index in [1.807, 2.05) is 6.92 Å². The van der Waals surface area contributed by atoms with Crippen molar-refractivity contribution >= 4 is 22.9 Å². The molecule has 0 spiro atoms. The van der Waals surface area contributed by atoms with Gasteiger partial charge in [0.05, 0.1) is 0 Å². The maximum Gasteiger partial charge on any atom is 0.0381 e. The van der Waals surface area contributed by atoms with Crippen molar-refractivity contribution < 1.29 is 0 Å². The summed E-state index contributed by atoms with van der Waals surface area (Å²) >= 11 is 7.70. The van der Waals surface area contributed by atoms with Crippen molar-refractivity contribution in [3.05, 3.63) is 22.4 Å². The van der Waals surface area contributed by atoms with Gasteiger partial charge in [-0.3, -0.25) is 0 Å². The van der Waals surface area contributed by atoms with E-state index in [1.165, 1.54) is 4.88 Å². The smallest absolute Gasteiger partial charge is 0.0381 e. The summed E-state index contributed by atoms with van der Waals surface area (Å²) in [6.45, 7) is 4.19. The second kappa shape index (κ2) is 3.40. The fourth-order valence-electron chi connectivity index (χ4n) is 0.777. The molecule has 10 heavy (non-hydrogen) atoms. The number of rotatable bonds is 2. The summed E-state index contributed by atoms with van der Waals surface area (Å²) in [7, 11) is 0. The Balaban J connectivity index is 2.68. The Labute approximate surface area is 70.8 Å². The quantitative estimate of drug-likeness (QED) is 0.603. The Morgan fingerprint density at radius 2 is 2.20 bits per heavy atom. The van der Waals surface area contributed by atoms with Crippen LogP contribution in [0.15, 0.2) is 17.5 Å². The van der Waals surface area contributed by atoms with Crippen LogP contribution in [0.25, 0.3) is 0 Å². The lowest BCUT2D eigenvalue weighted by molar-refractivity contribution is 0.757. The van der Waals surface area contributed by atoms with Crippen LogP contribution < -0.4 is 0 Å². The predicted molar refractivity (Wildman–Crippen MR) is 48.0 cm³/mol. The second-order valence-corrected chi connectivity index (χ2v) is 4.15. The highest BCUT2D eigenvalue weighted by molar-refractivity contribution is 7.10. The molecule has 0 radical (unpaired) electrons. The van der Waals surface area contributed by atoms with Crippen molar-refractivity contribution in [2.24, 2.45) is 0 Å². The van der Waals surface area contributed by atoms with Crippen LogP contribution >= 0.6 is 22.9 Å². The molecule has 1 aromatic heterocycles. The molecule has 2 heteroatoms. The topological polar surface area (TPSA) is 0 Å². The molecule has 0 aliphatic carbocycles. The first-order valence-corrected chi connectivity index (χ1v) is 4.71. The Hall–Kier alpha value is -0.0100. The average Bonchev–Trinajstić information content (AvgIpc) is 2.36. The minimum absolute atomic E-state index is 0.235. The Bertz CT molecular complexity index is 179. The standard InChI is InChI=1S/C8H11ClS/c1-6(7(2)9)8-4-3-5-10-8/h3-7H,1-2H3. The zero-order valence-corrected chi connectivity index (χ0v) is 7.75. The van der Waals surface area contributed by atoms with Crippen LogP contribution in [-0.2, 0) is 0 Å². The van der Waals surface area contributed by atoms with Gasteiger partial charge in [-0.1, -0.05) is 13.0 Å². The van der Waals surface area contributed by atoms with Gasteiger partial charge >= 0.3 is 0 Å². The second-order valence-electron chi connectivity index (χ2n) is 2.48. The molecule has 0 N–H and O–H groups in total. The van der Waals surface area contributed by atoms with E-state index in [4.69, 9.17) is 11.6 Å². The molecule has 0 aromatic carbocycles. The molecule has 1 heterocycles. The van der Waals surface area contributed by atoms with Crippen molar-refractivity contribution in [1.29, 1.82) is 0 Å². The van der Waals surface area contributed by atoms with Gasteiger partial charge in [0.25, 0.3) is 0 Å². The molecule has 0 bridgehead atoms. The van der Waals surface area contributed by atoms with E-state index in [9.17, 15) is 0 Å². The lowest BCUT2D eigenvalue weighted by Gasteiger charge is -2.10. The summed E-state index contributed by atoms with van der Waals surface area (Å²) in [6.07, 6.45) is 0. The molecule has 0 aliphatic rings. The molecule has 0 amide bonds. The van der Waals surface area contributed by atoms with Crippen LogP contribution in [0.2, 0.25) is 0 Å². The van der Waals surface area contributed by atoms with E-state index in [2.05, 4.69) is 24.4 Å². The first-order valence-electron chi connectivity index (χ1n) is 3.39. The number of alkyl halides is 1. The van der Waals surface area contributed by atoms with Crippen molar-refractivity contribution in [3.63, 3.8) is 0 Å². The van der Waals surface area contributed by atoms with Gasteiger partial charge in [-0.2, -0.15) is 0 Å². The van der Waals surface area contributed by atoms with Gasteiger partial charge in [0.1, 0.15) is 0 Å². The highest BCUT2D eigenvalue weighted by Gasteiger charge is 2.11. The van der Waals surface area contributed by atoms with Crippen molar-refractivity contribution in [2.45, 2.75) is 25.1 Å². The van der Waals surface area contributed by atoms with Crippen molar-refractivity contribution in [1.82, 2.24) is 0 Å². The fraction of sp³-hybridized carbons (Fsp3) is 0.500. The van der Waals surface area contributed by atoms with Crippen LogP contribution in [0.5, 0.6) is 0 Å². The van der Waals surface area contributed by atoms with Crippen LogP contribution in [0.4, 0.5) is 0 Å². The van der Waals surface area contributed by atoms with Gasteiger partial charge in [-0.15, -0.1) is 22.9 Å². The van der Waals surface area contributed by atoms with Crippen molar-refractivity contribution in [3.8, 4) is 0 Å². The van der Waals surface area contributed by atoms with E-state index in [-0.39, 0.29) is 5.38 Å². The lowest BCUT2D eigenvalue weighted by atomic mass is 10.1. The molecule has 56 valence electrons. The van der Waals surface area contributed by atoms with Gasteiger partial charge < -0.3 is 0 Å². The van der Waals surface area contributed by atoms with Gasteiger partial charge in [-0.05, 0) is 18.4 Å². The highest BCUT2D eigenvalue weighted by Crippen LogP contribution is 2.26. The van der Waals surface area contributed by atoms with Gasteiger partial charge in [0.15, 0.2) is 0 Å². The van der Waals surface area contributed by atoms with Crippen LogP contribution in [0, 0.1) is 0 Å². The third kappa shape index (κ3) is 1.74. The van der Waals surface area contributed by atoms with E-state index < -0.39 is 0 Å². The maximum absolute atomic E-state index is 5.93. The molecule has 1 aromatic rings. The SMILES string of the molecule is CC(Cl)C(C)c1cccs1. The molecule has 0 saturated carbocycles. The highest BCUT2D eigenvalue weighted by atomic mass is 35.5. The molecular weight excluding hydrogens is 164 g/mol. The number of hydrogen-bond donors (Lipinski definition) is 0. The first kappa shape index (κ1) is 8.09. The van der Waals surface area contributed by atoms with Crippen molar-refractivity contribution in [2.75, 3.05) is 0 Å². The number of halogens is 1. The lowest BCUT2D eigenvalue weighted by Crippen LogP contribution is -2.02. The first-order chi connectivity index (χ1) is 4.72. The predicted octanol–water partition coefficient (Wildman–Crippen LogP) is 3.48. The van der Waals surface area contributed by atoms with E-state index in [0.717, 1.165) is 0 Å². The molecule has 0 nitrogen and oxygen atoms in total. The van der Waals surface area contributed by atoms with E-state index in [0.29, 0.717) is 5.92 Å². The van der Waals surface area contributed by atoms with E-state index in [1.54, 1.807) is 11.3 Å². The summed E-state index contributed by atoms with van der Waals surface area (Å²) in [5, 5.41) is 2.32. The Morgan fingerprint density at radius 1 is 1.50 bits per heavy atom. The Kier molecular flexibility index (Phi) is 2.75. The molecule has 2 atom stereocenters. The molecule has 0 saturated heterocycles.